The van der Waals surface area contributed by atoms with Crippen molar-refractivity contribution in [2.24, 2.45) is 5.73 Å². The Kier molecular flexibility index (Phi) is 3.20. The van der Waals surface area contributed by atoms with E-state index in [2.05, 4.69) is 15.1 Å². The summed E-state index contributed by atoms with van der Waals surface area (Å²) in [6.45, 7) is -0.174. The monoisotopic (exact) mass is 366 g/mol. The van der Waals surface area contributed by atoms with Crippen molar-refractivity contribution in [3.05, 3.63) is 45.5 Å². The summed E-state index contributed by atoms with van der Waals surface area (Å²) in [7, 11) is 0. The fraction of sp³-hybridized carbons (Fsp3) is 0.235. The molecule has 0 fully saturated rings. The maximum atomic E-state index is 13.0. The van der Waals surface area contributed by atoms with E-state index in [1.165, 1.54) is 19.5 Å². The molecule has 0 spiro atoms. The fourth-order valence-electron chi connectivity index (χ4n) is 3.53. The largest absolute Gasteiger partial charge is 0.368 e. The van der Waals surface area contributed by atoms with Gasteiger partial charge in [0.25, 0.3) is 0 Å². The van der Waals surface area contributed by atoms with E-state index in [0.717, 1.165) is 35.0 Å². The van der Waals surface area contributed by atoms with Crippen LogP contribution in [0, 0.1) is 0 Å². The Bertz CT molecular complexity index is 1240. The van der Waals surface area contributed by atoms with E-state index in [1.807, 2.05) is 6.07 Å². The minimum atomic E-state index is -0.561. The molecule has 1 amide bonds. The molecule has 0 radical (unpaired) electrons. The first-order chi connectivity index (χ1) is 12.6. The Hall–Kier alpha value is -3.07. The van der Waals surface area contributed by atoms with Crippen LogP contribution in [-0.4, -0.2) is 30.1 Å². The number of carbonyl (C=O) groups is 1. The SMILES string of the molecule is NC(=O)Cn1c(=O)n2nc(-c3cccnc3)nc2c2c3c(sc21)CCC3. The highest BCUT2D eigenvalue weighted by Crippen LogP contribution is 2.38. The average Bonchev–Trinajstić information content (AvgIpc) is 3.32. The maximum Gasteiger partial charge on any atom is 0.352 e. The van der Waals surface area contributed by atoms with Gasteiger partial charge in [0.1, 0.15) is 11.4 Å². The van der Waals surface area contributed by atoms with Crippen molar-refractivity contribution in [1.29, 1.82) is 0 Å². The number of primary amides is 1. The molecule has 0 bridgehead atoms. The summed E-state index contributed by atoms with van der Waals surface area (Å²) in [6.07, 6.45) is 6.33. The molecular formula is C17H14N6O2S. The minimum Gasteiger partial charge on any atom is -0.368 e. The zero-order valence-electron chi connectivity index (χ0n) is 13.7. The molecule has 4 aromatic rings. The van der Waals surface area contributed by atoms with Gasteiger partial charge in [-0.3, -0.25) is 14.3 Å². The van der Waals surface area contributed by atoms with Crippen molar-refractivity contribution in [2.75, 3.05) is 0 Å². The van der Waals surface area contributed by atoms with Crippen molar-refractivity contribution in [2.45, 2.75) is 25.8 Å². The number of hydrogen-bond acceptors (Lipinski definition) is 6. The van der Waals surface area contributed by atoms with E-state index in [9.17, 15) is 9.59 Å². The third kappa shape index (κ3) is 2.10. The third-order valence-corrected chi connectivity index (χ3v) is 5.94. The molecule has 9 heteroatoms. The second-order valence-corrected chi connectivity index (χ2v) is 7.37. The normalized spacial score (nSPS) is 13.5. The van der Waals surface area contributed by atoms with Gasteiger partial charge in [-0.1, -0.05) is 0 Å². The van der Waals surface area contributed by atoms with Gasteiger partial charge in [0.15, 0.2) is 11.5 Å². The molecule has 5 rings (SSSR count). The first-order valence-electron chi connectivity index (χ1n) is 8.26. The Morgan fingerprint density at radius 3 is 3.00 bits per heavy atom. The summed E-state index contributed by atoms with van der Waals surface area (Å²) < 4.78 is 2.69. The predicted molar refractivity (Wildman–Crippen MR) is 97.1 cm³/mol. The van der Waals surface area contributed by atoms with Crippen LogP contribution < -0.4 is 11.4 Å². The molecule has 4 aromatic heterocycles. The fourth-order valence-corrected chi connectivity index (χ4v) is 4.91. The van der Waals surface area contributed by atoms with Crippen molar-refractivity contribution in [3.63, 3.8) is 0 Å². The summed E-state index contributed by atoms with van der Waals surface area (Å²) in [5.74, 6) is -0.125. The molecule has 0 aromatic carbocycles. The van der Waals surface area contributed by atoms with E-state index in [4.69, 9.17) is 5.73 Å². The lowest BCUT2D eigenvalue weighted by atomic mass is 10.2. The van der Waals surface area contributed by atoms with Crippen molar-refractivity contribution < 1.29 is 4.79 Å². The number of rotatable bonds is 3. The highest BCUT2D eigenvalue weighted by Gasteiger charge is 2.25. The smallest absolute Gasteiger partial charge is 0.352 e. The van der Waals surface area contributed by atoms with E-state index in [-0.39, 0.29) is 6.54 Å². The van der Waals surface area contributed by atoms with E-state index >= 15 is 0 Å². The molecule has 26 heavy (non-hydrogen) atoms. The molecule has 0 atom stereocenters. The van der Waals surface area contributed by atoms with Crippen LogP contribution >= 0.6 is 11.3 Å². The third-order valence-electron chi connectivity index (χ3n) is 4.62. The predicted octanol–water partition coefficient (Wildman–Crippen LogP) is 1.14. The number of pyridine rings is 1. The molecule has 130 valence electrons. The van der Waals surface area contributed by atoms with Crippen LogP contribution in [0.1, 0.15) is 16.9 Å². The lowest BCUT2D eigenvalue weighted by Gasteiger charge is -2.06. The summed E-state index contributed by atoms with van der Waals surface area (Å²) in [5.41, 5.74) is 7.43. The lowest BCUT2D eigenvalue weighted by molar-refractivity contribution is -0.118. The molecule has 2 N–H and O–H groups in total. The van der Waals surface area contributed by atoms with E-state index in [1.54, 1.807) is 29.8 Å². The average molecular weight is 366 g/mol. The van der Waals surface area contributed by atoms with Crippen molar-refractivity contribution in [3.8, 4) is 11.4 Å². The first-order valence-corrected chi connectivity index (χ1v) is 9.07. The van der Waals surface area contributed by atoms with Crippen LogP contribution in [0.25, 0.3) is 27.3 Å². The highest BCUT2D eigenvalue weighted by atomic mass is 32.1. The van der Waals surface area contributed by atoms with Gasteiger partial charge in [0.2, 0.25) is 5.91 Å². The quantitative estimate of drug-likeness (QED) is 0.585. The van der Waals surface area contributed by atoms with Gasteiger partial charge in [0.05, 0.1) is 5.39 Å². The molecule has 1 aliphatic carbocycles. The number of fused-ring (bicyclic) bond motifs is 5. The Labute approximate surface area is 150 Å². The van der Waals surface area contributed by atoms with Crippen LogP contribution in [-0.2, 0) is 24.2 Å². The standard InChI is InChI=1S/C17H14N6O2S/c18-12(24)8-22-16-13(10-4-1-5-11(10)26-16)15-20-14(21-23(15)17(22)25)9-3-2-6-19-7-9/h2-3,6-7H,1,4-5,8H2,(H2,18,24). The van der Waals surface area contributed by atoms with Crippen LogP contribution in [0.5, 0.6) is 0 Å². The number of nitrogens with zero attached hydrogens (tertiary/aromatic N) is 5. The Morgan fingerprint density at radius 2 is 2.23 bits per heavy atom. The number of amides is 1. The highest BCUT2D eigenvalue weighted by molar-refractivity contribution is 7.19. The number of aromatic nitrogens is 5. The van der Waals surface area contributed by atoms with Gasteiger partial charge in [-0.2, -0.15) is 4.52 Å². The number of nitrogens with two attached hydrogens (primary N) is 1. The molecule has 1 aliphatic rings. The van der Waals surface area contributed by atoms with E-state index < -0.39 is 11.6 Å². The number of carbonyl (C=O) groups excluding carboxylic acids is 1. The number of aryl methyl sites for hydroxylation is 2. The number of thiophene rings is 1. The first kappa shape index (κ1) is 15.2. The van der Waals surface area contributed by atoms with Crippen molar-refractivity contribution >= 4 is 33.1 Å². The van der Waals surface area contributed by atoms with Crippen LogP contribution in [0.3, 0.4) is 0 Å². The summed E-state index contributed by atoms with van der Waals surface area (Å²) in [6, 6.07) is 3.64. The molecule has 8 nitrogen and oxygen atoms in total. The summed E-state index contributed by atoms with van der Waals surface area (Å²) in [4.78, 5) is 35.2. The second kappa shape index (κ2) is 5.46. The van der Waals surface area contributed by atoms with Gasteiger partial charge < -0.3 is 5.73 Å². The zero-order chi connectivity index (χ0) is 17.8. The molecule has 4 heterocycles. The van der Waals surface area contributed by atoms with Gasteiger partial charge in [0, 0.05) is 22.8 Å². The molecule has 0 saturated heterocycles. The molecular weight excluding hydrogens is 352 g/mol. The van der Waals surface area contributed by atoms with Crippen LogP contribution in [0.2, 0.25) is 0 Å². The van der Waals surface area contributed by atoms with Crippen LogP contribution in [0.4, 0.5) is 0 Å². The molecule has 0 aliphatic heterocycles. The zero-order valence-corrected chi connectivity index (χ0v) is 14.5. The minimum absolute atomic E-state index is 0.174. The summed E-state index contributed by atoms with van der Waals surface area (Å²) >= 11 is 1.55. The van der Waals surface area contributed by atoms with Gasteiger partial charge in [-0.15, -0.1) is 16.4 Å². The van der Waals surface area contributed by atoms with Crippen molar-refractivity contribution in [1.82, 2.24) is 24.1 Å². The summed E-state index contributed by atoms with van der Waals surface area (Å²) in [5, 5.41) is 5.30. The number of hydrogen-bond donors (Lipinski definition) is 1. The lowest BCUT2D eigenvalue weighted by Crippen LogP contribution is -2.32. The Morgan fingerprint density at radius 1 is 1.35 bits per heavy atom. The topological polar surface area (TPSA) is 108 Å². The van der Waals surface area contributed by atoms with Gasteiger partial charge >= 0.3 is 5.69 Å². The second-order valence-electron chi connectivity index (χ2n) is 6.29. The molecule has 0 unspecified atom stereocenters. The van der Waals surface area contributed by atoms with Gasteiger partial charge in [-0.25, -0.2) is 9.78 Å². The molecule has 0 saturated carbocycles. The van der Waals surface area contributed by atoms with Crippen LogP contribution in [0.15, 0.2) is 29.3 Å². The van der Waals surface area contributed by atoms with Gasteiger partial charge in [-0.05, 0) is 37.0 Å². The maximum absolute atomic E-state index is 13.0. The van der Waals surface area contributed by atoms with E-state index in [0.29, 0.717) is 11.5 Å². The Balaban J connectivity index is 1.90.